The summed E-state index contributed by atoms with van der Waals surface area (Å²) in [5.41, 5.74) is 3.34. The molecule has 1 aromatic carbocycles. The van der Waals surface area contributed by atoms with Crippen molar-refractivity contribution in [1.82, 2.24) is 4.90 Å². The van der Waals surface area contributed by atoms with Gasteiger partial charge in [0, 0.05) is 29.7 Å². The average Bonchev–Trinajstić information content (AvgIpc) is 3.26. The maximum Gasteiger partial charge on any atom is 0.326 e. The van der Waals surface area contributed by atoms with Gasteiger partial charge in [0.15, 0.2) is 0 Å². The third kappa shape index (κ3) is 2.53. The monoisotopic (exact) mass is 341 g/mol. The molecule has 24 heavy (non-hydrogen) atoms. The minimum atomic E-state index is -0.914. The quantitative estimate of drug-likeness (QED) is 0.933. The molecule has 1 aromatic heterocycles. The molecule has 3 unspecified atom stereocenters. The number of thiophene rings is 1. The normalized spacial score (nSPS) is 25.2. The first-order valence-corrected chi connectivity index (χ1v) is 9.08. The Labute approximate surface area is 144 Å². The van der Waals surface area contributed by atoms with Crippen LogP contribution in [-0.2, 0) is 22.6 Å². The Hall–Kier alpha value is -2.14. The average molecular weight is 341 g/mol. The summed E-state index contributed by atoms with van der Waals surface area (Å²) in [6, 6.07) is 9.14. The smallest absolute Gasteiger partial charge is 0.326 e. The minimum Gasteiger partial charge on any atom is -0.480 e. The van der Waals surface area contributed by atoms with Crippen LogP contribution in [0.5, 0.6) is 0 Å². The van der Waals surface area contributed by atoms with Crippen LogP contribution in [0.1, 0.15) is 33.9 Å². The molecule has 1 N–H and O–H groups in total. The van der Waals surface area contributed by atoms with Crippen LogP contribution < -0.4 is 0 Å². The van der Waals surface area contributed by atoms with Gasteiger partial charge >= 0.3 is 5.97 Å². The first-order chi connectivity index (χ1) is 11.6. The van der Waals surface area contributed by atoms with Crippen LogP contribution in [0.25, 0.3) is 0 Å². The number of aliphatic carboxylic acids is 1. The fourth-order valence-corrected chi connectivity index (χ4v) is 4.82. The summed E-state index contributed by atoms with van der Waals surface area (Å²) in [4.78, 5) is 27.5. The third-order valence-corrected chi connectivity index (χ3v) is 6.31. The molecule has 2 aromatic rings. The predicted octanol–water partition coefficient (Wildman–Crippen LogP) is 3.20. The minimum absolute atomic E-state index is 0.00490. The van der Waals surface area contributed by atoms with Crippen LogP contribution in [-0.4, -0.2) is 27.9 Å². The van der Waals surface area contributed by atoms with Crippen molar-refractivity contribution in [2.24, 2.45) is 5.92 Å². The van der Waals surface area contributed by atoms with E-state index in [9.17, 15) is 14.7 Å². The Morgan fingerprint density at radius 1 is 1.21 bits per heavy atom. The van der Waals surface area contributed by atoms with E-state index in [1.165, 1.54) is 10.4 Å². The molecule has 0 saturated heterocycles. The Bertz CT molecular complexity index is 812. The molecule has 1 aliphatic heterocycles. The van der Waals surface area contributed by atoms with E-state index in [0.717, 1.165) is 17.5 Å². The van der Waals surface area contributed by atoms with Crippen LogP contribution in [0.4, 0.5) is 0 Å². The molecule has 2 heterocycles. The molecule has 3 atom stereocenters. The van der Waals surface area contributed by atoms with Crippen molar-refractivity contribution in [3.05, 3.63) is 57.3 Å². The number of amides is 1. The third-order valence-electron chi connectivity index (χ3n) is 5.16. The Morgan fingerprint density at radius 3 is 2.62 bits per heavy atom. The van der Waals surface area contributed by atoms with E-state index in [0.29, 0.717) is 13.0 Å². The maximum absolute atomic E-state index is 13.0. The number of carboxylic acid groups (broad SMARTS) is 1. The Balaban J connectivity index is 1.57. The van der Waals surface area contributed by atoms with Gasteiger partial charge in [0.1, 0.15) is 6.04 Å². The van der Waals surface area contributed by atoms with Crippen molar-refractivity contribution in [2.75, 3.05) is 0 Å². The van der Waals surface area contributed by atoms with Gasteiger partial charge in [-0.05, 0) is 41.5 Å². The molecule has 5 heteroatoms. The molecule has 2 aliphatic rings. The van der Waals surface area contributed by atoms with Gasteiger partial charge < -0.3 is 10.0 Å². The van der Waals surface area contributed by atoms with Crippen molar-refractivity contribution in [3.8, 4) is 0 Å². The van der Waals surface area contributed by atoms with E-state index < -0.39 is 12.0 Å². The van der Waals surface area contributed by atoms with E-state index in [2.05, 4.69) is 18.4 Å². The second kappa shape index (κ2) is 5.74. The van der Waals surface area contributed by atoms with Crippen LogP contribution in [0, 0.1) is 12.8 Å². The summed E-state index contributed by atoms with van der Waals surface area (Å²) in [6.07, 6.45) is 1.23. The molecule has 4 rings (SSSR count). The number of hydrogen-bond donors (Lipinski definition) is 1. The van der Waals surface area contributed by atoms with Gasteiger partial charge in [-0.15, -0.1) is 11.3 Å². The summed E-state index contributed by atoms with van der Waals surface area (Å²) in [5.74, 6) is -0.712. The van der Waals surface area contributed by atoms with E-state index >= 15 is 0 Å². The summed E-state index contributed by atoms with van der Waals surface area (Å²) in [7, 11) is 0. The predicted molar refractivity (Wildman–Crippen MR) is 92.0 cm³/mol. The van der Waals surface area contributed by atoms with Crippen molar-refractivity contribution >= 4 is 23.2 Å². The van der Waals surface area contributed by atoms with Crippen molar-refractivity contribution in [3.63, 3.8) is 0 Å². The fraction of sp³-hybridized carbons (Fsp3) is 0.368. The zero-order chi connectivity index (χ0) is 16.8. The number of fused-ring (bicyclic) bond motifs is 1. The van der Waals surface area contributed by atoms with Crippen LogP contribution in [0.3, 0.4) is 0 Å². The second-order valence-corrected chi connectivity index (χ2v) is 7.66. The first-order valence-electron chi connectivity index (χ1n) is 8.20. The molecule has 1 fully saturated rings. The topological polar surface area (TPSA) is 57.6 Å². The highest BCUT2D eigenvalue weighted by atomic mass is 32.1. The lowest BCUT2D eigenvalue weighted by Gasteiger charge is -2.34. The largest absolute Gasteiger partial charge is 0.480 e. The highest BCUT2D eigenvalue weighted by Gasteiger charge is 2.49. The number of carboxylic acids is 1. The molecular formula is C19H19NO3S. The molecule has 0 spiro atoms. The number of nitrogens with zero attached hydrogens (tertiary/aromatic N) is 1. The van der Waals surface area contributed by atoms with Gasteiger partial charge in [-0.25, -0.2) is 4.79 Å². The lowest BCUT2D eigenvalue weighted by atomic mass is 9.93. The summed E-state index contributed by atoms with van der Waals surface area (Å²) in [6.45, 7) is 2.47. The van der Waals surface area contributed by atoms with E-state index in [1.807, 2.05) is 24.3 Å². The van der Waals surface area contributed by atoms with Crippen LogP contribution in [0.2, 0.25) is 0 Å². The van der Waals surface area contributed by atoms with Gasteiger partial charge in [-0.1, -0.05) is 24.3 Å². The van der Waals surface area contributed by atoms with Gasteiger partial charge in [0.2, 0.25) is 5.91 Å². The maximum atomic E-state index is 13.0. The number of aryl methyl sites for hydroxylation is 1. The molecule has 4 nitrogen and oxygen atoms in total. The van der Waals surface area contributed by atoms with E-state index in [1.54, 1.807) is 16.2 Å². The van der Waals surface area contributed by atoms with Gasteiger partial charge in [0.05, 0.1) is 0 Å². The van der Waals surface area contributed by atoms with Crippen LogP contribution in [0.15, 0.2) is 35.7 Å². The van der Waals surface area contributed by atoms with Gasteiger partial charge in [-0.2, -0.15) is 0 Å². The Kier molecular flexibility index (Phi) is 3.68. The summed E-state index contributed by atoms with van der Waals surface area (Å²) >= 11 is 1.70. The lowest BCUT2D eigenvalue weighted by molar-refractivity contribution is -0.152. The Morgan fingerprint density at radius 2 is 1.96 bits per heavy atom. The molecule has 1 amide bonds. The first kappa shape index (κ1) is 15.4. The molecule has 124 valence electrons. The van der Waals surface area contributed by atoms with Crippen molar-refractivity contribution < 1.29 is 14.7 Å². The number of carbonyl (C=O) groups excluding carboxylic acids is 1. The standard InChI is InChI=1S/C19H19NO3S/c1-11-6-7-24-17(11)14-9-15(14)18(21)20-10-13-5-3-2-4-12(13)8-16(20)19(22)23/h2-7,14-16H,8-10H2,1H3,(H,22,23). The zero-order valence-corrected chi connectivity index (χ0v) is 14.3. The number of hydrogen-bond acceptors (Lipinski definition) is 3. The highest BCUT2D eigenvalue weighted by Crippen LogP contribution is 2.51. The summed E-state index contributed by atoms with van der Waals surface area (Å²) < 4.78 is 0. The van der Waals surface area contributed by atoms with Crippen LogP contribution >= 0.6 is 11.3 Å². The van der Waals surface area contributed by atoms with Gasteiger partial charge in [0.25, 0.3) is 0 Å². The van der Waals surface area contributed by atoms with E-state index in [4.69, 9.17) is 0 Å². The van der Waals surface area contributed by atoms with Crippen molar-refractivity contribution in [2.45, 2.75) is 38.3 Å². The van der Waals surface area contributed by atoms with Crippen molar-refractivity contribution in [1.29, 1.82) is 0 Å². The fourth-order valence-electron chi connectivity index (χ4n) is 3.71. The summed E-state index contributed by atoms with van der Waals surface area (Å²) in [5, 5.41) is 11.6. The highest BCUT2D eigenvalue weighted by molar-refractivity contribution is 7.10. The molecule has 1 aliphatic carbocycles. The van der Waals surface area contributed by atoms with Gasteiger partial charge in [-0.3, -0.25) is 4.79 Å². The number of rotatable bonds is 3. The molecule has 0 bridgehead atoms. The SMILES string of the molecule is Cc1ccsc1C1CC1C(=O)N1Cc2ccccc2CC1C(=O)O. The second-order valence-electron chi connectivity index (χ2n) is 6.71. The molecule has 1 saturated carbocycles. The lowest BCUT2D eigenvalue weighted by Crippen LogP contribution is -2.49. The number of carbonyl (C=O) groups is 2. The molecular weight excluding hydrogens is 322 g/mol. The van der Waals surface area contributed by atoms with E-state index in [-0.39, 0.29) is 17.7 Å². The number of benzene rings is 1. The zero-order valence-electron chi connectivity index (χ0n) is 13.4. The molecule has 0 radical (unpaired) electrons.